The van der Waals surface area contributed by atoms with E-state index in [2.05, 4.69) is 15.6 Å². The van der Waals surface area contributed by atoms with Crippen LogP contribution in [0.25, 0.3) is 11.0 Å². The fraction of sp³-hybridized carbons (Fsp3) is 0.467. The average molecular weight is 269 g/mol. The van der Waals surface area contributed by atoms with Crippen LogP contribution in [0.5, 0.6) is 0 Å². The van der Waals surface area contributed by atoms with Gasteiger partial charge in [0.2, 0.25) is 0 Å². The molecule has 5 rings (SSSR count). The molecule has 2 N–H and O–H groups in total. The van der Waals surface area contributed by atoms with Gasteiger partial charge in [0.05, 0.1) is 6.26 Å². The average Bonchev–Trinajstić information content (AvgIpc) is 2.90. The molecule has 20 heavy (non-hydrogen) atoms. The Morgan fingerprint density at radius 2 is 2.50 bits per heavy atom. The zero-order valence-corrected chi connectivity index (χ0v) is 10.9. The highest BCUT2D eigenvalue weighted by molar-refractivity contribution is 5.95. The fourth-order valence-electron chi connectivity index (χ4n) is 4.15. The van der Waals surface area contributed by atoms with E-state index in [0.717, 1.165) is 11.8 Å². The number of carbonyl (C=O) groups excluding carboxylic acids is 1. The zero-order chi connectivity index (χ0) is 13.3. The Morgan fingerprint density at radius 3 is 3.30 bits per heavy atom. The van der Waals surface area contributed by atoms with Crippen LogP contribution in [0.2, 0.25) is 0 Å². The number of aromatic nitrogens is 1. The fourth-order valence-corrected chi connectivity index (χ4v) is 4.15. The van der Waals surface area contributed by atoms with Gasteiger partial charge in [-0.3, -0.25) is 9.78 Å². The van der Waals surface area contributed by atoms with E-state index >= 15 is 0 Å². The second-order valence-electron chi connectivity index (χ2n) is 6.23. The molecule has 3 fully saturated rings. The van der Waals surface area contributed by atoms with Gasteiger partial charge in [-0.05, 0) is 31.2 Å². The molecule has 3 aliphatic rings. The van der Waals surface area contributed by atoms with Crippen LogP contribution in [0.15, 0.2) is 29.0 Å². The van der Waals surface area contributed by atoms with Crippen LogP contribution < -0.4 is 10.6 Å². The van der Waals surface area contributed by atoms with Crippen molar-refractivity contribution in [2.45, 2.75) is 36.9 Å². The number of piperidine rings is 1. The van der Waals surface area contributed by atoms with E-state index in [1.54, 1.807) is 18.5 Å². The highest BCUT2D eigenvalue weighted by Gasteiger charge is 2.70. The summed E-state index contributed by atoms with van der Waals surface area (Å²) in [5.41, 5.74) is 1.53. The quantitative estimate of drug-likeness (QED) is 0.809. The van der Waals surface area contributed by atoms with E-state index in [1.165, 1.54) is 12.8 Å². The van der Waals surface area contributed by atoms with Gasteiger partial charge < -0.3 is 15.1 Å². The van der Waals surface area contributed by atoms with Crippen molar-refractivity contribution >= 4 is 16.9 Å². The van der Waals surface area contributed by atoms with E-state index in [0.29, 0.717) is 34.8 Å². The maximum absolute atomic E-state index is 12.3. The van der Waals surface area contributed by atoms with Crippen LogP contribution in [0.4, 0.5) is 0 Å². The molecule has 0 bridgehead atoms. The molecule has 2 aromatic rings. The highest BCUT2D eigenvalue weighted by Crippen LogP contribution is 2.59. The SMILES string of the molecule is O=C(N[C@@H]1CC2NC23CCC13)c1cc2occc2cn1. The molecule has 1 saturated heterocycles. The Hall–Kier alpha value is -1.88. The van der Waals surface area contributed by atoms with E-state index in [4.69, 9.17) is 4.42 Å². The molecule has 3 unspecified atom stereocenters. The molecule has 1 spiro atoms. The van der Waals surface area contributed by atoms with Crippen molar-refractivity contribution in [2.24, 2.45) is 5.92 Å². The summed E-state index contributed by atoms with van der Waals surface area (Å²) in [6, 6.07) is 4.50. The minimum atomic E-state index is -0.0864. The molecular weight excluding hydrogens is 254 g/mol. The standard InChI is InChI=1S/C15H15N3O2/c19-14(11-5-12-8(7-16-11)2-4-20-12)17-10-6-13-15(18-13)3-1-9(10)15/h2,4-5,7,9-10,13,18H,1,3,6H2,(H,17,19)/t9?,10-,13?,15?/m1/s1. The number of carbonyl (C=O) groups is 1. The predicted molar refractivity (Wildman–Crippen MR) is 72.3 cm³/mol. The Labute approximate surface area is 115 Å². The highest BCUT2D eigenvalue weighted by atomic mass is 16.3. The van der Waals surface area contributed by atoms with Crippen LogP contribution in [-0.4, -0.2) is 28.5 Å². The normalized spacial score (nSPS) is 37.1. The molecule has 2 saturated carbocycles. The van der Waals surface area contributed by atoms with Gasteiger partial charge in [0.25, 0.3) is 5.91 Å². The number of amides is 1. The largest absolute Gasteiger partial charge is 0.464 e. The van der Waals surface area contributed by atoms with Crippen LogP contribution in [0.1, 0.15) is 29.8 Å². The van der Waals surface area contributed by atoms with Crippen LogP contribution in [0.3, 0.4) is 0 Å². The van der Waals surface area contributed by atoms with Gasteiger partial charge in [0.15, 0.2) is 0 Å². The Kier molecular flexibility index (Phi) is 1.85. The summed E-state index contributed by atoms with van der Waals surface area (Å²) in [5, 5.41) is 7.64. The van der Waals surface area contributed by atoms with Gasteiger partial charge in [-0.25, -0.2) is 0 Å². The van der Waals surface area contributed by atoms with Gasteiger partial charge >= 0.3 is 0 Å². The van der Waals surface area contributed by atoms with Crippen molar-refractivity contribution in [1.29, 1.82) is 0 Å². The molecule has 3 heterocycles. The molecule has 1 aliphatic heterocycles. The smallest absolute Gasteiger partial charge is 0.270 e. The second kappa shape index (κ2) is 3.41. The molecule has 0 radical (unpaired) electrons. The Morgan fingerprint density at radius 1 is 1.55 bits per heavy atom. The van der Waals surface area contributed by atoms with Crippen molar-refractivity contribution in [3.8, 4) is 0 Å². The third kappa shape index (κ3) is 1.26. The van der Waals surface area contributed by atoms with Gasteiger partial charge in [-0.2, -0.15) is 0 Å². The zero-order valence-electron chi connectivity index (χ0n) is 10.9. The van der Waals surface area contributed by atoms with Crippen LogP contribution in [-0.2, 0) is 0 Å². The summed E-state index contributed by atoms with van der Waals surface area (Å²) in [4.78, 5) is 16.6. The number of pyridine rings is 1. The summed E-state index contributed by atoms with van der Waals surface area (Å²) >= 11 is 0. The minimum Gasteiger partial charge on any atom is -0.464 e. The van der Waals surface area contributed by atoms with Gasteiger partial charge in [0, 0.05) is 35.3 Å². The van der Waals surface area contributed by atoms with E-state index < -0.39 is 0 Å². The minimum absolute atomic E-state index is 0.0864. The number of hydrogen-bond donors (Lipinski definition) is 2. The molecule has 4 atom stereocenters. The number of nitrogens with zero attached hydrogens (tertiary/aromatic N) is 1. The number of nitrogens with one attached hydrogen (secondary N) is 2. The molecule has 2 aromatic heterocycles. The van der Waals surface area contributed by atoms with Crippen molar-refractivity contribution in [3.05, 3.63) is 30.3 Å². The molecule has 5 nitrogen and oxygen atoms in total. The lowest BCUT2D eigenvalue weighted by molar-refractivity contribution is 0.0891. The van der Waals surface area contributed by atoms with Crippen molar-refractivity contribution in [2.75, 3.05) is 0 Å². The van der Waals surface area contributed by atoms with Crippen molar-refractivity contribution in [3.63, 3.8) is 0 Å². The molecule has 0 aromatic carbocycles. The van der Waals surface area contributed by atoms with Gasteiger partial charge in [-0.1, -0.05) is 0 Å². The van der Waals surface area contributed by atoms with Crippen molar-refractivity contribution < 1.29 is 9.21 Å². The number of furan rings is 1. The maximum atomic E-state index is 12.3. The predicted octanol–water partition coefficient (Wildman–Crippen LogP) is 1.45. The van der Waals surface area contributed by atoms with E-state index in [9.17, 15) is 4.79 Å². The molecule has 5 heteroatoms. The third-order valence-corrected chi connectivity index (χ3v) is 5.37. The lowest BCUT2D eigenvalue weighted by Gasteiger charge is -2.37. The lowest BCUT2D eigenvalue weighted by Crippen LogP contribution is -2.49. The number of rotatable bonds is 2. The van der Waals surface area contributed by atoms with Crippen LogP contribution in [0, 0.1) is 5.92 Å². The topological polar surface area (TPSA) is 77.1 Å². The summed E-state index contributed by atoms with van der Waals surface area (Å²) in [6.07, 6.45) is 6.85. The molecule has 2 aliphatic carbocycles. The molecule has 102 valence electrons. The third-order valence-electron chi connectivity index (χ3n) is 5.37. The van der Waals surface area contributed by atoms with Crippen molar-refractivity contribution in [1.82, 2.24) is 15.6 Å². The molecule has 1 amide bonds. The first kappa shape index (κ1) is 10.9. The Bertz CT molecular complexity index is 721. The van der Waals surface area contributed by atoms with Crippen LogP contribution >= 0.6 is 0 Å². The van der Waals surface area contributed by atoms with E-state index in [-0.39, 0.29) is 5.91 Å². The summed E-state index contributed by atoms with van der Waals surface area (Å²) < 4.78 is 5.32. The summed E-state index contributed by atoms with van der Waals surface area (Å²) in [6.45, 7) is 0. The number of fused-ring (bicyclic) bond motifs is 1. The van der Waals surface area contributed by atoms with Gasteiger partial charge in [-0.15, -0.1) is 0 Å². The van der Waals surface area contributed by atoms with Gasteiger partial charge in [0.1, 0.15) is 11.3 Å². The summed E-state index contributed by atoms with van der Waals surface area (Å²) in [5.74, 6) is 0.528. The first-order valence-corrected chi connectivity index (χ1v) is 7.18. The second-order valence-corrected chi connectivity index (χ2v) is 6.23. The Balaban J connectivity index is 1.37. The van der Waals surface area contributed by atoms with E-state index in [1.807, 2.05) is 6.07 Å². The maximum Gasteiger partial charge on any atom is 0.270 e. The first-order chi connectivity index (χ1) is 9.76. The lowest BCUT2D eigenvalue weighted by atomic mass is 9.72. The first-order valence-electron chi connectivity index (χ1n) is 7.18. The summed E-state index contributed by atoms with van der Waals surface area (Å²) in [7, 11) is 0. The number of hydrogen-bond acceptors (Lipinski definition) is 4. The molecular formula is C15H15N3O2. The monoisotopic (exact) mass is 269 g/mol.